The van der Waals surface area contributed by atoms with Crippen LogP contribution < -0.4 is 31.9 Å². The van der Waals surface area contributed by atoms with Gasteiger partial charge in [-0.2, -0.15) is 0 Å². The van der Waals surface area contributed by atoms with Gasteiger partial charge in [-0.3, -0.25) is 28.8 Å². The van der Waals surface area contributed by atoms with Crippen molar-refractivity contribution in [2.24, 2.45) is 0 Å². The van der Waals surface area contributed by atoms with E-state index < -0.39 is 476 Å². The summed E-state index contributed by atoms with van der Waals surface area (Å²) < 4.78 is 140. The molecule has 12 aliphatic heterocycles. The first kappa shape index (κ1) is 123. The van der Waals surface area contributed by atoms with Gasteiger partial charge in [0, 0.05) is 41.5 Å². The zero-order valence-electron chi connectivity index (χ0n) is 81.1. The zero-order chi connectivity index (χ0) is 110. The van der Waals surface area contributed by atoms with Crippen molar-refractivity contribution in [1.82, 2.24) is 31.9 Å². The van der Waals surface area contributed by atoms with E-state index >= 15 is 0 Å². The van der Waals surface area contributed by atoms with Crippen LogP contribution >= 0.6 is 0 Å². The number of carbonyl (C=O) groups excluding carboxylic acids is 6. The van der Waals surface area contributed by atoms with Gasteiger partial charge in [0.15, 0.2) is 75.5 Å². The van der Waals surface area contributed by atoms with E-state index in [4.69, 9.17) is 109 Å². The van der Waals surface area contributed by atoms with Crippen LogP contribution in [0.4, 0.5) is 0 Å². The molecule has 6 amide bonds. The summed E-state index contributed by atoms with van der Waals surface area (Å²) in [5.74, 6) is -5.85. The minimum Gasteiger partial charge on any atom is -0.394 e. The van der Waals surface area contributed by atoms with Crippen LogP contribution in [0.25, 0.3) is 0 Å². The smallest absolute Gasteiger partial charge is 0.217 e. The highest BCUT2D eigenvalue weighted by Crippen LogP contribution is 2.43. The molecule has 60 atom stereocenters. The van der Waals surface area contributed by atoms with E-state index in [0.717, 1.165) is 41.5 Å². The minimum atomic E-state index is -2.79. The Kier molecular flexibility index (Phi) is 44.4. The fraction of sp³-hybridized carbons (Fsp3) is 0.929. The number of nitrogens with one attached hydrogen (secondary N) is 6. The van der Waals surface area contributed by atoms with Crippen LogP contribution in [0.3, 0.4) is 0 Å². The molecule has 12 saturated heterocycles. The van der Waals surface area contributed by atoms with E-state index in [9.17, 15) is 187 Å². The Hall–Kier alpha value is -5.34. The maximum absolute atomic E-state index is 13.5. The Morgan fingerprint density at radius 1 is 0.187 bits per heavy atom. The molecule has 0 unspecified atom stereocenters. The van der Waals surface area contributed by atoms with Gasteiger partial charge in [0.2, 0.25) is 35.4 Å². The first-order valence-corrected chi connectivity index (χ1v) is 48.0. The van der Waals surface area contributed by atoms with Crippen molar-refractivity contribution in [2.45, 2.75) is 417 Å². The van der Waals surface area contributed by atoms with Crippen LogP contribution in [0.15, 0.2) is 0 Å². The lowest BCUT2D eigenvalue weighted by Crippen LogP contribution is -2.71. The van der Waals surface area contributed by atoms with Crippen molar-refractivity contribution < 1.29 is 296 Å². The molecule has 0 aromatic rings. The third-order valence-corrected chi connectivity index (χ3v) is 27.4. The molecule has 0 radical (unpaired) electrons. The molecule has 12 heterocycles. The Labute approximate surface area is 849 Å². The third kappa shape index (κ3) is 27.5. The van der Waals surface area contributed by atoms with Gasteiger partial charge in [-0.25, -0.2) is 0 Å². The second-order valence-corrected chi connectivity index (χ2v) is 38.1. The van der Waals surface area contributed by atoms with Gasteiger partial charge >= 0.3 is 0 Å². The molecular formula is C84H140N6O60. The van der Waals surface area contributed by atoms with Crippen molar-refractivity contribution in [3.8, 4) is 0 Å². The first-order chi connectivity index (χ1) is 70.9. The predicted octanol–water partition coefficient (Wildman–Crippen LogP) is -25.3. The summed E-state index contributed by atoms with van der Waals surface area (Å²) >= 11 is 0. The Balaban J connectivity index is 0.939. The molecule has 150 heavy (non-hydrogen) atoms. The number of aliphatic hydroxyl groups is 31. The summed E-state index contributed by atoms with van der Waals surface area (Å²) in [5, 5.41) is 368. The summed E-state index contributed by atoms with van der Waals surface area (Å²) in [6.45, 7) is -6.44. The quantitative estimate of drug-likeness (QED) is 0.0272. The van der Waals surface area contributed by atoms with Gasteiger partial charge in [0.1, 0.15) is 287 Å². The molecule has 66 nitrogen and oxygen atoms in total. The Morgan fingerprint density at radius 2 is 0.413 bits per heavy atom. The van der Waals surface area contributed by atoms with Gasteiger partial charge < -0.3 is 299 Å². The molecule has 37 N–H and O–H groups in total. The van der Waals surface area contributed by atoms with Gasteiger partial charge in [-0.1, -0.05) is 0 Å². The standard InChI is InChI=1S/C84H140N6O60/c1-19-43(106)56(119)60(123)79(130-19)150-71-58(121)47(110)29(11-94)135-83(71)146-67-33(15-98)138-78(42(55(67)118)90-25(7)105)148-70-59(122)48(111)35(17-128-74-38(86-21(3)101)50(113)44(107)26(8-91)132-74)141-82(70)129-18-36-49(112)69(63(126)81(140-36)145-66-32(14-97)136-76(40(54(66)117)88-23(5)103)142-64-30(12-95)131-73(127)37(52(64)115)85-20(2)100)147-84-72(149-75-39(87-22(4)102)51(114)45(108)27(9-92)133-75)62(125)68(34(16-99)139-84)143-77-41(89-24(6)104)53(116)65(31(13-96)137-77)144-80-61(124)57(120)46(109)28(10-93)134-80/h19,26-84,91-99,106-127H,8-18H2,1-7H3,(H,85,100)(H,86,101)(H,87,102)(H,88,103)(H,89,104)(H,90,105)/t19-,26+,27+,28+,29+,30+,31+,32+,33+,34+,35+,36+,37+,38+,39-,40+,41+,42+,43+,44+,45+,46-,47-,48+,49+,50+,51+,52+,53+,54+,55+,56+,57-,58-,59-,60-,61+,62-,63-,64+,65+,66+,67+,68+,69-,70-,71+,72-,73+,74+,75-,76-,77-,78-,79-,80-,81-,82-,83-,84+/m0/s1. The average Bonchev–Trinajstić information content (AvgIpc) is 0.753. The van der Waals surface area contributed by atoms with Crippen LogP contribution in [0.1, 0.15) is 48.5 Å². The van der Waals surface area contributed by atoms with Gasteiger partial charge in [-0.15, -0.1) is 0 Å². The topological polar surface area (TPSA) is 1010 Å². The SMILES string of the molecule is CC(=O)N[C@@H]1[C@H](O[C@@H]2[C@@H](O[C@@H]3[C@H](O)[C@H](O[C@H]4[C@H](O)[C@@H](NC(C)=O)[C@H](O[C@H]5[C@H](O)[C@@H](NC(C)=O)[C@H](O)O[C@@H]5CO)O[C@@H]4CO)O[C@H](CO[C@H]4O[C@H](CO[C@@H]5O[C@H](CO)[C@@H](O)[C@H](O)[C@H]5NC(C)=O)[C@@H](O)[C@H](O)[C@@H]4O[C@@H]4O[C@H](CO)[C@@H](O[C@@H]5O[C@H](CO)[C@H](O)[C@H](O)[C@H]5O[C@@H]5O[C@@H](C)[C@@H](O)[C@@H](O)[C@@H]5O)[C@H](O)[C@H]4NC(C)=O)[C@H]3O)O[C@H](CO)[C@@H](O[C@@H]3O[C@H](CO)[C@@H](O[C@@H]4O[C@H](CO)[C@H](O)[C@H](O)[C@H]4O)[C@H](O)[C@H]3NC(C)=O)[C@@H]2O)O[C@H](CO)[C@@H](O)[C@@H]1O. The highest BCUT2D eigenvalue weighted by Gasteiger charge is 2.64. The fourth-order valence-electron chi connectivity index (χ4n) is 19.5. The normalized spacial score (nSPS) is 48.8. The second-order valence-electron chi connectivity index (χ2n) is 38.1. The van der Waals surface area contributed by atoms with Crippen LogP contribution in [0.2, 0.25) is 0 Å². The molecule has 12 fully saturated rings. The Bertz CT molecular complexity index is 4250. The maximum Gasteiger partial charge on any atom is 0.217 e. The first-order valence-electron chi connectivity index (χ1n) is 48.0. The van der Waals surface area contributed by atoms with E-state index in [1.54, 1.807) is 0 Å². The van der Waals surface area contributed by atoms with E-state index in [1.165, 1.54) is 6.92 Å². The minimum absolute atomic E-state index is 0.846. The number of ether oxygens (including phenoxy) is 23. The Morgan fingerprint density at radius 3 is 0.813 bits per heavy atom. The lowest BCUT2D eigenvalue weighted by molar-refractivity contribution is -0.405. The molecule has 12 aliphatic rings. The van der Waals surface area contributed by atoms with E-state index in [0.29, 0.717) is 0 Å². The number of aliphatic hydroxyl groups excluding tert-OH is 31. The summed E-state index contributed by atoms with van der Waals surface area (Å²) in [6, 6.07) is -11.8. The third-order valence-electron chi connectivity index (χ3n) is 27.4. The van der Waals surface area contributed by atoms with Crippen molar-refractivity contribution in [2.75, 3.05) is 72.7 Å². The summed E-state index contributed by atoms with van der Waals surface area (Å²) in [4.78, 5) is 78.2. The van der Waals surface area contributed by atoms with Crippen molar-refractivity contribution >= 4 is 35.4 Å². The van der Waals surface area contributed by atoms with Crippen molar-refractivity contribution in [1.29, 1.82) is 0 Å². The van der Waals surface area contributed by atoms with Crippen LogP contribution in [-0.4, -0.2) is 635 Å². The average molecular weight is 2190 g/mol. The van der Waals surface area contributed by atoms with Crippen molar-refractivity contribution in [3.05, 3.63) is 0 Å². The number of hydrogen-bond acceptors (Lipinski definition) is 60. The predicted molar refractivity (Wildman–Crippen MR) is 463 cm³/mol. The highest BCUT2D eigenvalue weighted by molar-refractivity contribution is 5.75. The molecular weight excluding hydrogens is 2050 g/mol. The lowest BCUT2D eigenvalue weighted by atomic mass is 9.93. The van der Waals surface area contributed by atoms with Gasteiger partial charge in [0.25, 0.3) is 0 Å². The molecule has 0 aromatic heterocycles. The largest absolute Gasteiger partial charge is 0.394 e. The number of carbonyl (C=O) groups is 6. The van der Waals surface area contributed by atoms with Crippen LogP contribution in [0, 0.1) is 0 Å². The zero-order valence-corrected chi connectivity index (χ0v) is 81.1. The number of hydrogen-bond donors (Lipinski definition) is 37. The molecule has 66 heteroatoms. The van der Waals surface area contributed by atoms with E-state index in [-0.39, 0.29) is 0 Å². The monoisotopic (exact) mass is 2190 g/mol. The molecule has 0 aliphatic carbocycles. The summed E-state index contributed by atoms with van der Waals surface area (Å²) in [7, 11) is 0. The molecule has 0 spiro atoms. The van der Waals surface area contributed by atoms with Crippen molar-refractivity contribution in [3.63, 3.8) is 0 Å². The lowest BCUT2D eigenvalue weighted by Gasteiger charge is -2.52. The molecule has 866 valence electrons. The fourth-order valence-corrected chi connectivity index (χ4v) is 19.5. The van der Waals surface area contributed by atoms with Gasteiger partial charge in [0.05, 0.1) is 78.8 Å². The maximum atomic E-state index is 13.5. The van der Waals surface area contributed by atoms with Gasteiger partial charge in [-0.05, 0) is 6.92 Å². The molecule has 12 rings (SSSR count). The van der Waals surface area contributed by atoms with Crippen LogP contribution in [0.5, 0.6) is 0 Å². The van der Waals surface area contributed by atoms with E-state index in [2.05, 4.69) is 31.9 Å². The molecule has 0 bridgehead atoms. The molecule has 0 saturated carbocycles. The second kappa shape index (κ2) is 54.0. The summed E-state index contributed by atoms with van der Waals surface area (Å²) in [6.07, 6.45) is -118. The summed E-state index contributed by atoms with van der Waals surface area (Å²) in [5.41, 5.74) is 0. The van der Waals surface area contributed by atoms with Crippen LogP contribution in [-0.2, 0) is 138 Å². The number of rotatable bonds is 39. The molecule has 0 aromatic carbocycles. The number of amides is 6. The van der Waals surface area contributed by atoms with E-state index in [1.807, 2.05) is 0 Å². The highest BCUT2D eigenvalue weighted by atomic mass is 16.8.